The number of fused-ring (bicyclic) bond motifs is 1. The van der Waals surface area contributed by atoms with Gasteiger partial charge in [-0.15, -0.1) is 0 Å². The van der Waals surface area contributed by atoms with Crippen molar-refractivity contribution in [1.82, 2.24) is 9.80 Å². The van der Waals surface area contributed by atoms with Crippen LogP contribution in [0.3, 0.4) is 0 Å². The molecule has 3 atom stereocenters. The van der Waals surface area contributed by atoms with Crippen LogP contribution in [0.2, 0.25) is 0 Å². The molecule has 4 heteroatoms. The molecule has 0 aromatic heterocycles. The Morgan fingerprint density at radius 3 is 2.75 bits per heavy atom. The van der Waals surface area contributed by atoms with E-state index in [1.54, 1.807) is 0 Å². The molecule has 1 amide bonds. The second kappa shape index (κ2) is 4.00. The minimum absolute atomic E-state index is 0.368. The normalized spacial score (nSPS) is 40.4. The van der Waals surface area contributed by atoms with Gasteiger partial charge in [0.25, 0.3) is 0 Å². The standard InChI is InChI=1S/C12H21N3O/c13-9-1-2-10(7-9)14-5-6-15-11(8-14)3-4-12(15)16/h9-11H,1-8,13H2/t9-,10+,11-/m0/s1. The molecule has 0 aromatic rings. The maximum atomic E-state index is 11.6. The van der Waals surface area contributed by atoms with E-state index < -0.39 is 0 Å². The third kappa shape index (κ3) is 1.74. The Labute approximate surface area is 96.8 Å². The average molecular weight is 223 g/mol. The number of piperazine rings is 1. The molecule has 1 saturated carbocycles. The summed E-state index contributed by atoms with van der Waals surface area (Å²) in [4.78, 5) is 16.2. The van der Waals surface area contributed by atoms with Gasteiger partial charge in [0.1, 0.15) is 0 Å². The lowest BCUT2D eigenvalue weighted by atomic mass is 10.1. The lowest BCUT2D eigenvalue weighted by Gasteiger charge is -2.40. The molecule has 3 aliphatic rings. The summed E-state index contributed by atoms with van der Waals surface area (Å²) in [5.74, 6) is 0.368. The van der Waals surface area contributed by atoms with E-state index in [2.05, 4.69) is 9.80 Å². The molecule has 0 spiro atoms. The first-order chi connectivity index (χ1) is 7.74. The predicted molar refractivity (Wildman–Crippen MR) is 61.9 cm³/mol. The highest BCUT2D eigenvalue weighted by Gasteiger charge is 2.38. The quantitative estimate of drug-likeness (QED) is 0.689. The summed E-state index contributed by atoms with van der Waals surface area (Å²) in [5, 5.41) is 0. The van der Waals surface area contributed by atoms with Crippen LogP contribution in [0.4, 0.5) is 0 Å². The summed E-state index contributed by atoms with van der Waals surface area (Å²) in [5.41, 5.74) is 5.97. The van der Waals surface area contributed by atoms with Crippen molar-refractivity contribution in [1.29, 1.82) is 0 Å². The highest BCUT2D eigenvalue weighted by Crippen LogP contribution is 2.28. The highest BCUT2D eigenvalue weighted by atomic mass is 16.2. The van der Waals surface area contributed by atoms with Gasteiger partial charge in [-0.1, -0.05) is 0 Å². The van der Waals surface area contributed by atoms with Gasteiger partial charge in [-0.25, -0.2) is 0 Å². The van der Waals surface area contributed by atoms with E-state index in [1.165, 1.54) is 12.8 Å². The molecule has 90 valence electrons. The van der Waals surface area contributed by atoms with Crippen LogP contribution in [0.1, 0.15) is 32.1 Å². The summed E-state index contributed by atoms with van der Waals surface area (Å²) in [6, 6.07) is 1.60. The Morgan fingerprint density at radius 1 is 1.12 bits per heavy atom. The van der Waals surface area contributed by atoms with Crippen LogP contribution in [0, 0.1) is 0 Å². The Hall–Kier alpha value is -0.610. The fraction of sp³-hybridized carbons (Fsp3) is 0.917. The van der Waals surface area contributed by atoms with E-state index in [4.69, 9.17) is 5.73 Å². The number of rotatable bonds is 1. The molecule has 1 aliphatic carbocycles. The van der Waals surface area contributed by atoms with E-state index in [0.717, 1.165) is 38.9 Å². The van der Waals surface area contributed by atoms with Gasteiger partial charge in [0.05, 0.1) is 0 Å². The topological polar surface area (TPSA) is 49.6 Å². The molecule has 4 nitrogen and oxygen atoms in total. The third-order valence-electron chi connectivity index (χ3n) is 4.49. The van der Waals surface area contributed by atoms with E-state index in [0.29, 0.717) is 24.0 Å². The first-order valence-corrected chi connectivity index (χ1v) is 6.53. The largest absolute Gasteiger partial charge is 0.337 e. The van der Waals surface area contributed by atoms with Crippen LogP contribution >= 0.6 is 0 Å². The fourth-order valence-corrected chi connectivity index (χ4v) is 3.54. The maximum Gasteiger partial charge on any atom is 0.222 e. The number of carbonyl (C=O) groups excluding carboxylic acids is 1. The summed E-state index contributed by atoms with van der Waals surface area (Å²) in [6.45, 7) is 3.08. The lowest BCUT2D eigenvalue weighted by Crippen LogP contribution is -2.54. The van der Waals surface area contributed by atoms with Gasteiger partial charge in [0, 0.05) is 44.2 Å². The number of amides is 1. The molecule has 0 aromatic carbocycles. The van der Waals surface area contributed by atoms with Gasteiger partial charge in [-0.05, 0) is 25.7 Å². The molecule has 3 fully saturated rings. The van der Waals surface area contributed by atoms with Gasteiger partial charge in [0.2, 0.25) is 5.91 Å². The predicted octanol–water partition coefficient (Wildman–Crippen LogP) is 0.173. The molecule has 0 unspecified atom stereocenters. The number of hydrogen-bond acceptors (Lipinski definition) is 3. The molecule has 2 aliphatic heterocycles. The second-order valence-corrected chi connectivity index (χ2v) is 5.50. The number of hydrogen-bond donors (Lipinski definition) is 1. The molecular formula is C12H21N3O. The average Bonchev–Trinajstić information content (AvgIpc) is 2.86. The highest BCUT2D eigenvalue weighted by molar-refractivity contribution is 5.78. The first kappa shape index (κ1) is 10.5. The van der Waals surface area contributed by atoms with Crippen LogP contribution in [0.15, 0.2) is 0 Å². The molecule has 2 saturated heterocycles. The van der Waals surface area contributed by atoms with Crippen molar-refractivity contribution in [3.8, 4) is 0 Å². The zero-order valence-corrected chi connectivity index (χ0v) is 9.77. The number of carbonyl (C=O) groups is 1. The number of nitrogens with zero attached hydrogens (tertiary/aromatic N) is 2. The number of nitrogens with two attached hydrogens (primary N) is 1. The SMILES string of the molecule is N[C@H]1CC[C@@H](N2CCN3C(=O)CC[C@H]3C2)C1. The van der Waals surface area contributed by atoms with Crippen molar-refractivity contribution in [3.05, 3.63) is 0 Å². The molecule has 2 heterocycles. The van der Waals surface area contributed by atoms with Crippen LogP contribution in [-0.2, 0) is 4.79 Å². The molecule has 16 heavy (non-hydrogen) atoms. The summed E-state index contributed by atoms with van der Waals surface area (Å²) in [7, 11) is 0. The minimum atomic E-state index is 0.368. The zero-order chi connectivity index (χ0) is 11.1. The molecule has 2 N–H and O–H groups in total. The van der Waals surface area contributed by atoms with E-state index in [-0.39, 0.29) is 0 Å². The van der Waals surface area contributed by atoms with Gasteiger partial charge >= 0.3 is 0 Å². The van der Waals surface area contributed by atoms with Crippen molar-refractivity contribution in [2.75, 3.05) is 19.6 Å². The Balaban J connectivity index is 1.62. The Morgan fingerprint density at radius 2 is 2.00 bits per heavy atom. The van der Waals surface area contributed by atoms with Gasteiger partial charge in [-0.2, -0.15) is 0 Å². The van der Waals surface area contributed by atoms with Crippen LogP contribution in [-0.4, -0.2) is 53.5 Å². The minimum Gasteiger partial charge on any atom is -0.337 e. The summed E-state index contributed by atoms with van der Waals surface area (Å²) >= 11 is 0. The van der Waals surface area contributed by atoms with Crippen molar-refractivity contribution in [3.63, 3.8) is 0 Å². The van der Waals surface area contributed by atoms with E-state index in [9.17, 15) is 4.79 Å². The lowest BCUT2D eigenvalue weighted by molar-refractivity contribution is -0.131. The van der Waals surface area contributed by atoms with Crippen LogP contribution < -0.4 is 5.73 Å². The Kier molecular flexibility index (Phi) is 2.64. The zero-order valence-electron chi connectivity index (χ0n) is 9.77. The van der Waals surface area contributed by atoms with Crippen molar-refractivity contribution < 1.29 is 4.79 Å². The van der Waals surface area contributed by atoms with Crippen LogP contribution in [0.25, 0.3) is 0 Å². The van der Waals surface area contributed by atoms with Crippen molar-refractivity contribution >= 4 is 5.91 Å². The molecule has 0 bridgehead atoms. The summed E-state index contributed by atoms with van der Waals surface area (Å²) in [6.07, 6.45) is 5.41. The van der Waals surface area contributed by atoms with Crippen molar-refractivity contribution in [2.45, 2.75) is 50.2 Å². The summed E-state index contributed by atoms with van der Waals surface area (Å²) < 4.78 is 0. The monoisotopic (exact) mass is 223 g/mol. The smallest absolute Gasteiger partial charge is 0.222 e. The molecule has 0 radical (unpaired) electrons. The third-order valence-corrected chi connectivity index (χ3v) is 4.49. The van der Waals surface area contributed by atoms with Gasteiger partial charge in [0.15, 0.2) is 0 Å². The van der Waals surface area contributed by atoms with Crippen molar-refractivity contribution in [2.24, 2.45) is 5.73 Å². The van der Waals surface area contributed by atoms with Crippen LogP contribution in [0.5, 0.6) is 0 Å². The molecule has 3 rings (SSSR count). The molecular weight excluding hydrogens is 202 g/mol. The first-order valence-electron chi connectivity index (χ1n) is 6.53. The van der Waals surface area contributed by atoms with Gasteiger partial charge < -0.3 is 10.6 Å². The van der Waals surface area contributed by atoms with E-state index >= 15 is 0 Å². The Bertz CT molecular complexity index is 294. The maximum absolute atomic E-state index is 11.6. The second-order valence-electron chi connectivity index (χ2n) is 5.50. The fourth-order valence-electron chi connectivity index (χ4n) is 3.54. The van der Waals surface area contributed by atoms with Gasteiger partial charge in [-0.3, -0.25) is 9.69 Å². The van der Waals surface area contributed by atoms with E-state index in [1.807, 2.05) is 0 Å².